The average Bonchev–Trinajstić information content (AvgIpc) is 3.45. The molecule has 11 nitrogen and oxygen atoms in total. The van der Waals surface area contributed by atoms with Gasteiger partial charge in [-0.3, -0.25) is 4.79 Å². The van der Waals surface area contributed by atoms with Crippen molar-refractivity contribution < 1.29 is 33.6 Å². The number of amides is 1. The molecule has 0 spiro atoms. The number of nitrogens with zero attached hydrogens (tertiary/aromatic N) is 3. The zero-order valence-corrected chi connectivity index (χ0v) is 22.8. The van der Waals surface area contributed by atoms with Gasteiger partial charge in [-0.15, -0.1) is 5.10 Å². The number of phenolic OH excluding ortho intramolecular Hbond substituents is 1. The number of methoxy groups -OCH3 is 5. The van der Waals surface area contributed by atoms with Crippen molar-refractivity contribution in [3.8, 4) is 34.5 Å². The quantitative estimate of drug-likeness (QED) is 0.207. The van der Waals surface area contributed by atoms with Crippen LogP contribution in [0.1, 0.15) is 27.2 Å². The topological polar surface area (TPSA) is 126 Å². The van der Waals surface area contributed by atoms with E-state index < -0.39 is 5.91 Å². The molecule has 0 bridgehead atoms. The van der Waals surface area contributed by atoms with Gasteiger partial charge >= 0.3 is 0 Å². The van der Waals surface area contributed by atoms with Crippen molar-refractivity contribution in [1.82, 2.24) is 15.0 Å². The number of aromatic hydroxyl groups is 1. The van der Waals surface area contributed by atoms with Crippen molar-refractivity contribution in [1.29, 1.82) is 0 Å². The molecule has 0 atom stereocenters. The van der Waals surface area contributed by atoms with E-state index >= 15 is 0 Å². The largest absolute Gasteiger partial charge is 0.503 e. The van der Waals surface area contributed by atoms with Gasteiger partial charge in [0.1, 0.15) is 5.75 Å². The number of carbonyl (C=O) groups is 1. The lowest BCUT2D eigenvalue weighted by atomic mass is 10.1. The number of anilines is 1. The van der Waals surface area contributed by atoms with E-state index in [0.717, 1.165) is 16.9 Å². The molecule has 0 unspecified atom stereocenters. The lowest BCUT2D eigenvalue weighted by Gasteiger charge is -2.14. The Hall–Kier alpha value is -5.19. The van der Waals surface area contributed by atoms with Crippen LogP contribution in [-0.4, -0.2) is 61.6 Å². The molecule has 3 aromatic carbocycles. The fraction of sp³-hybridized carbons (Fsp3) is 0.207. The molecule has 4 aromatic rings. The first-order valence-electron chi connectivity index (χ1n) is 12.1. The van der Waals surface area contributed by atoms with Gasteiger partial charge in [0.15, 0.2) is 28.7 Å². The summed E-state index contributed by atoms with van der Waals surface area (Å²) in [6.07, 6.45) is 5.04. The van der Waals surface area contributed by atoms with E-state index in [2.05, 4.69) is 15.6 Å². The smallest absolute Gasteiger partial charge is 0.277 e. The van der Waals surface area contributed by atoms with Gasteiger partial charge in [-0.05, 0) is 47.5 Å². The number of benzene rings is 3. The minimum absolute atomic E-state index is 0.0738. The highest BCUT2D eigenvalue weighted by molar-refractivity contribution is 6.05. The van der Waals surface area contributed by atoms with Gasteiger partial charge in [0.25, 0.3) is 5.91 Å². The summed E-state index contributed by atoms with van der Waals surface area (Å²) >= 11 is 0. The minimum atomic E-state index is -0.553. The van der Waals surface area contributed by atoms with E-state index in [1.807, 2.05) is 24.3 Å². The molecule has 11 heteroatoms. The number of hydrogen-bond acceptors (Lipinski definition) is 9. The average molecular weight is 547 g/mol. The second-order valence-electron chi connectivity index (χ2n) is 8.48. The van der Waals surface area contributed by atoms with Gasteiger partial charge in [0, 0.05) is 5.56 Å². The van der Waals surface area contributed by atoms with Crippen LogP contribution in [-0.2, 0) is 6.54 Å². The van der Waals surface area contributed by atoms with Crippen molar-refractivity contribution in [3.63, 3.8) is 0 Å². The normalized spacial score (nSPS) is 10.8. The van der Waals surface area contributed by atoms with E-state index in [-0.39, 0.29) is 22.9 Å². The van der Waals surface area contributed by atoms with Crippen LogP contribution in [0.4, 0.5) is 5.69 Å². The zero-order valence-electron chi connectivity index (χ0n) is 22.8. The van der Waals surface area contributed by atoms with Gasteiger partial charge in [-0.25, -0.2) is 4.68 Å². The van der Waals surface area contributed by atoms with Crippen LogP contribution in [0, 0.1) is 0 Å². The predicted molar refractivity (Wildman–Crippen MR) is 150 cm³/mol. The third kappa shape index (κ3) is 6.09. The highest BCUT2D eigenvalue weighted by Gasteiger charge is 2.19. The van der Waals surface area contributed by atoms with Gasteiger partial charge < -0.3 is 34.1 Å². The molecule has 2 N–H and O–H groups in total. The molecule has 0 saturated heterocycles. The molecule has 1 aromatic heterocycles. The van der Waals surface area contributed by atoms with E-state index in [9.17, 15) is 9.90 Å². The molecular weight excluding hydrogens is 516 g/mol. The van der Waals surface area contributed by atoms with Crippen LogP contribution in [0.25, 0.3) is 12.2 Å². The summed E-state index contributed by atoms with van der Waals surface area (Å²) in [7, 11) is 7.62. The molecule has 208 valence electrons. The van der Waals surface area contributed by atoms with Crippen molar-refractivity contribution in [2.75, 3.05) is 40.9 Å². The van der Waals surface area contributed by atoms with E-state index in [4.69, 9.17) is 23.7 Å². The Morgan fingerprint density at radius 2 is 1.62 bits per heavy atom. The lowest BCUT2D eigenvalue weighted by Crippen LogP contribution is -2.13. The first-order chi connectivity index (χ1) is 19.4. The molecule has 40 heavy (non-hydrogen) atoms. The summed E-state index contributed by atoms with van der Waals surface area (Å²) in [5.41, 5.74) is 2.41. The number of rotatable bonds is 11. The van der Waals surface area contributed by atoms with E-state index in [1.165, 1.54) is 34.6 Å². The number of aromatic nitrogens is 3. The maximum atomic E-state index is 13.1. The Kier molecular flexibility index (Phi) is 8.75. The first kappa shape index (κ1) is 27.8. The van der Waals surface area contributed by atoms with Gasteiger partial charge in [-0.1, -0.05) is 29.5 Å². The summed E-state index contributed by atoms with van der Waals surface area (Å²) in [6.45, 7) is 0.394. The standard InChI is InChI=1S/C29H30N4O7/c1-36-21-8-6-7-19(13-21)16-33-17-22(31-32-33)29(35)30-26-20(11-12-23(37-2)27(26)34)10-9-18-14-24(38-3)28(40-5)25(15-18)39-4/h6-15,17,34H,16H2,1-5H3,(H,30,35)/b10-9-. The third-order valence-electron chi connectivity index (χ3n) is 6.02. The number of nitrogens with one attached hydrogen (secondary N) is 1. The fourth-order valence-electron chi connectivity index (χ4n) is 4.02. The number of ether oxygens (including phenoxy) is 5. The zero-order chi connectivity index (χ0) is 28.6. The Bertz CT molecular complexity index is 1510. The SMILES string of the molecule is COc1cccc(Cn2cc(C(=O)Nc3c(/C=C\c4cc(OC)c(OC)c(OC)c4)ccc(OC)c3O)nn2)c1. The van der Waals surface area contributed by atoms with Crippen LogP contribution in [0.3, 0.4) is 0 Å². The van der Waals surface area contributed by atoms with E-state index in [0.29, 0.717) is 29.4 Å². The highest BCUT2D eigenvalue weighted by Crippen LogP contribution is 2.40. The Balaban J connectivity index is 1.60. The summed E-state index contributed by atoms with van der Waals surface area (Å²) < 4.78 is 28.3. The summed E-state index contributed by atoms with van der Waals surface area (Å²) in [5.74, 6) is 1.58. The molecule has 0 radical (unpaired) electrons. The predicted octanol–water partition coefficient (Wildman–Crippen LogP) is 4.50. The van der Waals surface area contributed by atoms with E-state index in [1.54, 1.807) is 48.2 Å². The molecule has 1 amide bonds. The molecule has 0 fully saturated rings. The lowest BCUT2D eigenvalue weighted by molar-refractivity contribution is 0.102. The van der Waals surface area contributed by atoms with Gasteiger partial charge in [-0.2, -0.15) is 0 Å². The van der Waals surface area contributed by atoms with Crippen LogP contribution in [0.5, 0.6) is 34.5 Å². The van der Waals surface area contributed by atoms with Crippen molar-refractivity contribution >= 4 is 23.7 Å². The molecule has 0 saturated carbocycles. The monoisotopic (exact) mass is 546 g/mol. The van der Waals surface area contributed by atoms with Crippen molar-refractivity contribution in [2.24, 2.45) is 0 Å². The highest BCUT2D eigenvalue weighted by atomic mass is 16.5. The Morgan fingerprint density at radius 1 is 0.900 bits per heavy atom. The molecule has 4 rings (SSSR count). The molecule has 0 aliphatic heterocycles. The van der Waals surface area contributed by atoms with Gasteiger partial charge in [0.05, 0.1) is 54.0 Å². The maximum Gasteiger partial charge on any atom is 0.277 e. The molecule has 1 heterocycles. The van der Waals surface area contributed by atoms with Crippen molar-refractivity contribution in [2.45, 2.75) is 6.54 Å². The third-order valence-corrected chi connectivity index (χ3v) is 6.02. The molecule has 0 aliphatic carbocycles. The minimum Gasteiger partial charge on any atom is -0.503 e. The van der Waals surface area contributed by atoms with Crippen LogP contribution >= 0.6 is 0 Å². The van der Waals surface area contributed by atoms with Crippen LogP contribution < -0.4 is 29.0 Å². The van der Waals surface area contributed by atoms with Crippen molar-refractivity contribution in [3.05, 3.63) is 77.1 Å². The maximum absolute atomic E-state index is 13.1. The summed E-state index contributed by atoms with van der Waals surface area (Å²) in [6, 6.07) is 14.4. The first-order valence-corrected chi connectivity index (χ1v) is 12.1. The number of phenols is 1. The molecular formula is C29H30N4O7. The summed E-state index contributed by atoms with van der Waals surface area (Å²) in [4.78, 5) is 13.1. The number of hydrogen-bond donors (Lipinski definition) is 2. The molecule has 0 aliphatic rings. The number of carbonyl (C=O) groups excluding carboxylic acids is 1. The Morgan fingerprint density at radius 3 is 2.27 bits per heavy atom. The van der Waals surface area contributed by atoms with Crippen LogP contribution in [0.15, 0.2) is 54.7 Å². The van der Waals surface area contributed by atoms with Gasteiger partial charge in [0.2, 0.25) is 5.75 Å². The Labute approximate surface area is 231 Å². The second kappa shape index (κ2) is 12.6. The summed E-state index contributed by atoms with van der Waals surface area (Å²) in [5, 5.41) is 21.7. The van der Waals surface area contributed by atoms with Crippen LogP contribution in [0.2, 0.25) is 0 Å². The fourth-order valence-corrected chi connectivity index (χ4v) is 4.02. The second-order valence-corrected chi connectivity index (χ2v) is 8.48.